The van der Waals surface area contributed by atoms with Crippen LogP contribution >= 0.6 is 0 Å². The zero-order valence-corrected chi connectivity index (χ0v) is 6.81. The minimum Gasteiger partial charge on any atom is -0.316 e. The van der Waals surface area contributed by atoms with Gasteiger partial charge in [-0.3, -0.25) is 4.79 Å². The highest BCUT2D eigenvalue weighted by Gasteiger charge is 2.33. The second-order valence-electron chi connectivity index (χ2n) is 3.72. The van der Waals surface area contributed by atoms with Crippen LogP contribution in [0, 0.1) is 11.8 Å². The molecule has 2 fully saturated rings. The van der Waals surface area contributed by atoms with Crippen molar-refractivity contribution in [1.82, 2.24) is 5.32 Å². The molecule has 1 saturated heterocycles. The molecule has 1 saturated carbocycles. The van der Waals surface area contributed by atoms with Gasteiger partial charge in [0.2, 0.25) is 0 Å². The standard InChI is InChI=1S/C9H15NO/c11-9-4-5-10-6-7-2-1-3-8(7)9/h7-8,10H,1-6H2. The van der Waals surface area contributed by atoms with Crippen LogP contribution in [-0.2, 0) is 4.79 Å². The highest BCUT2D eigenvalue weighted by atomic mass is 16.1. The molecule has 0 radical (unpaired) electrons. The van der Waals surface area contributed by atoms with E-state index in [1.54, 1.807) is 0 Å². The molecule has 2 nitrogen and oxygen atoms in total. The van der Waals surface area contributed by atoms with Crippen LogP contribution in [0.3, 0.4) is 0 Å². The van der Waals surface area contributed by atoms with Crippen LogP contribution in [-0.4, -0.2) is 18.9 Å². The molecule has 1 heterocycles. The van der Waals surface area contributed by atoms with Gasteiger partial charge in [-0.2, -0.15) is 0 Å². The first-order valence-corrected chi connectivity index (χ1v) is 4.61. The molecule has 1 aliphatic carbocycles. The molecule has 2 atom stereocenters. The molecule has 0 aromatic heterocycles. The van der Waals surface area contributed by atoms with Gasteiger partial charge in [-0.1, -0.05) is 6.42 Å². The van der Waals surface area contributed by atoms with Crippen molar-refractivity contribution in [3.8, 4) is 0 Å². The molecule has 62 valence electrons. The van der Waals surface area contributed by atoms with Crippen LogP contribution in [0.1, 0.15) is 25.7 Å². The lowest BCUT2D eigenvalue weighted by Crippen LogP contribution is -2.22. The van der Waals surface area contributed by atoms with E-state index in [0.29, 0.717) is 17.6 Å². The number of Topliss-reactive ketones (excluding diaryl/α,β-unsaturated/α-hetero) is 1. The Balaban J connectivity index is 2.09. The van der Waals surface area contributed by atoms with E-state index in [0.717, 1.165) is 25.9 Å². The summed E-state index contributed by atoms with van der Waals surface area (Å²) in [6.07, 6.45) is 4.46. The number of rotatable bonds is 0. The van der Waals surface area contributed by atoms with Crippen LogP contribution in [0.25, 0.3) is 0 Å². The van der Waals surface area contributed by atoms with E-state index in [1.165, 1.54) is 12.8 Å². The Labute approximate surface area is 67.4 Å². The van der Waals surface area contributed by atoms with E-state index in [1.807, 2.05) is 0 Å². The molecule has 0 aromatic rings. The van der Waals surface area contributed by atoms with Crippen LogP contribution in [0.2, 0.25) is 0 Å². The molecule has 0 spiro atoms. The fraction of sp³-hybridized carbons (Fsp3) is 0.889. The van der Waals surface area contributed by atoms with Gasteiger partial charge in [0.1, 0.15) is 5.78 Å². The molecule has 1 aliphatic heterocycles. The number of fused-ring (bicyclic) bond motifs is 1. The SMILES string of the molecule is O=C1CCNCC2CCCC12. The first-order valence-electron chi connectivity index (χ1n) is 4.61. The van der Waals surface area contributed by atoms with Crippen molar-refractivity contribution in [1.29, 1.82) is 0 Å². The molecule has 0 amide bonds. The average Bonchev–Trinajstić information content (AvgIpc) is 2.40. The molecular weight excluding hydrogens is 138 g/mol. The number of carbonyl (C=O) groups is 1. The summed E-state index contributed by atoms with van der Waals surface area (Å²) in [5.41, 5.74) is 0. The van der Waals surface area contributed by atoms with E-state index in [9.17, 15) is 4.79 Å². The number of hydrogen-bond donors (Lipinski definition) is 1. The van der Waals surface area contributed by atoms with Gasteiger partial charge >= 0.3 is 0 Å². The Kier molecular flexibility index (Phi) is 1.95. The molecular formula is C9H15NO. The van der Waals surface area contributed by atoms with E-state index in [4.69, 9.17) is 0 Å². The van der Waals surface area contributed by atoms with Crippen LogP contribution in [0.4, 0.5) is 0 Å². The Morgan fingerprint density at radius 1 is 1.36 bits per heavy atom. The van der Waals surface area contributed by atoms with Crippen molar-refractivity contribution in [2.75, 3.05) is 13.1 Å². The Bertz CT molecular complexity index is 167. The zero-order chi connectivity index (χ0) is 7.68. The third kappa shape index (κ3) is 1.32. The summed E-state index contributed by atoms with van der Waals surface area (Å²) in [5, 5.41) is 3.33. The maximum atomic E-state index is 11.5. The van der Waals surface area contributed by atoms with Crippen molar-refractivity contribution in [2.24, 2.45) is 11.8 Å². The largest absolute Gasteiger partial charge is 0.316 e. The van der Waals surface area contributed by atoms with Crippen LogP contribution in [0.15, 0.2) is 0 Å². The molecule has 11 heavy (non-hydrogen) atoms. The summed E-state index contributed by atoms with van der Waals surface area (Å²) in [6.45, 7) is 1.99. The summed E-state index contributed by atoms with van der Waals surface area (Å²) >= 11 is 0. The third-order valence-electron chi connectivity index (χ3n) is 3.03. The maximum Gasteiger partial charge on any atom is 0.137 e. The average molecular weight is 153 g/mol. The fourth-order valence-corrected chi connectivity index (χ4v) is 2.39. The summed E-state index contributed by atoms with van der Waals surface area (Å²) in [4.78, 5) is 11.5. The number of carbonyl (C=O) groups excluding carboxylic acids is 1. The molecule has 0 bridgehead atoms. The summed E-state index contributed by atoms with van der Waals surface area (Å²) < 4.78 is 0. The van der Waals surface area contributed by atoms with Gasteiger partial charge in [0.25, 0.3) is 0 Å². The second-order valence-corrected chi connectivity index (χ2v) is 3.72. The maximum absolute atomic E-state index is 11.5. The Hall–Kier alpha value is -0.370. The second kappa shape index (κ2) is 2.94. The lowest BCUT2D eigenvalue weighted by Gasteiger charge is -2.13. The highest BCUT2D eigenvalue weighted by Crippen LogP contribution is 2.33. The molecule has 2 heteroatoms. The first kappa shape index (κ1) is 7.29. The predicted octanol–water partition coefficient (Wildman–Crippen LogP) is 0.965. The lowest BCUT2D eigenvalue weighted by atomic mass is 9.92. The molecule has 1 N–H and O–H groups in total. The summed E-state index contributed by atoms with van der Waals surface area (Å²) in [6, 6.07) is 0. The van der Waals surface area contributed by atoms with E-state index < -0.39 is 0 Å². The smallest absolute Gasteiger partial charge is 0.137 e. The molecule has 2 aliphatic rings. The minimum atomic E-state index is 0.421. The zero-order valence-electron chi connectivity index (χ0n) is 6.81. The lowest BCUT2D eigenvalue weighted by molar-refractivity contribution is -0.123. The Morgan fingerprint density at radius 2 is 2.27 bits per heavy atom. The van der Waals surface area contributed by atoms with Crippen LogP contribution < -0.4 is 5.32 Å². The number of nitrogens with one attached hydrogen (secondary N) is 1. The van der Waals surface area contributed by atoms with E-state index >= 15 is 0 Å². The third-order valence-corrected chi connectivity index (χ3v) is 3.03. The topological polar surface area (TPSA) is 29.1 Å². The highest BCUT2D eigenvalue weighted by molar-refractivity contribution is 5.82. The molecule has 2 unspecified atom stereocenters. The summed E-state index contributed by atoms with van der Waals surface area (Å²) in [7, 11) is 0. The quantitative estimate of drug-likeness (QED) is 0.561. The summed E-state index contributed by atoms with van der Waals surface area (Å²) in [5.74, 6) is 1.60. The normalized spacial score (nSPS) is 38.4. The van der Waals surface area contributed by atoms with Crippen molar-refractivity contribution < 1.29 is 4.79 Å². The number of hydrogen-bond acceptors (Lipinski definition) is 2. The van der Waals surface area contributed by atoms with Gasteiger partial charge in [0.15, 0.2) is 0 Å². The monoisotopic (exact) mass is 153 g/mol. The van der Waals surface area contributed by atoms with Gasteiger partial charge in [0.05, 0.1) is 0 Å². The van der Waals surface area contributed by atoms with E-state index in [-0.39, 0.29) is 0 Å². The van der Waals surface area contributed by atoms with Crippen LogP contribution in [0.5, 0.6) is 0 Å². The van der Waals surface area contributed by atoms with Gasteiger partial charge < -0.3 is 5.32 Å². The van der Waals surface area contributed by atoms with Crippen molar-refractivity contribution >= 4 is 5.78 Å². The van der Waals surface area contributed by atoms with Crippen molar-refractivity contribution in [3.63, 3.8) is 0 Å². The van der Waals surface area contributed by atoms with Crippen molar-refractivity contribution in [2.45, 2.75) is 25.7 Å². The van der Waals surface area contributed by atoms with Gasteiger partial charge in [0, 0.05) is 18.9 Å². The molecule has 0 aromatic carbocycles. The Morgan fingerprint density at radius 3 is 3.18 bits per heavy atom. The van der Waals surface area contributed by atoms with Gasteiger partial charge in [-0.25, -0.2) is 0 Å². The minimum absolute atomic E-state index is 0.421. The van der Waals surface area contributed by atoms with Gasteiger partial charge in [-0.15, -0.1) is 0 Å². The first-order chi connectivity index (χ1) is 5.38. The van der Waals surface area contributed by atoms with Crippen molar-refractivity contribution in [3.05, 3.63) is 0 Å². The van der Waals surface area contributed by atoms with E-state index in [2.05, 4.69) is 5.32 Å². The fourth-order valence-electron chi connectivity index (χ4n) is 2.39. The van der Waals surface area contributed by atoms with Gasteiger partial charge in [-0.05, 0) is 25.3 Å². The predicted molar refractivity (Wildman–Crippen MR) is 43.3 cm³/mol. The molecule has 2 rings (SSSR count). The number of ketones is 1.